The van der Waals surface area contributed by atoms with E-state index in [1.807, 2.05) is 42.8 Å². The number of aromatic nitrogens is 3. The standard InChI is InChI=1S/C17H16N4O2S/c1-12-5-3-4-6-15(12)16-18-19-17(20(16)2)24-11-13-7-9-14(10-8-13)21(22)23/h3-10H,11H2,1-2H3. The van der Waals surface area contributed by atoms with Crippen molar-refractivity contribution in [3.05, 3.63) is 69.8 Å². The molecule has 2 aromatic carbocycles. The van der Waals surface area contributed by atoms with Gasteiger partial charge in [-0.1, -0.05) is 48.2 Å². The first-order chi connectivity index (χ1) is 11.6. The number of hydrogen-bond acceptors (Lipinski definition) is 5. The van der Waals surface area contributed by atoms with Crippen molar-refractivity contribution in [3.8, 4) is 11.4 Å². The van der Waals surface area contributed by atoms with Crippen molar-refractivity contribution in [2.75, 3.05) is 0 Å². The summed E-state index contributed by atoms with van der Waals surface area (Å²) in [5.41, 5.74) is 3.32. The fourth-order valence-corrected chi connectivity index (χ4v) is 3.23. The van der Waals surface area contributed by atoms with E-state index >= 15 is 0 Å². The maximum atomic E-state index is 10.7. The highest BCUT2D eigenvalue weighted by Crippen LogP contribution is 2.27. The molecule has 0 saturated carbocycles. The van der Waals surface area contributed by atoms with E-state index in [0.717, 1.165) is 27.7 Å². The van der Waals surface area contributed by atoms with Crippen LogP contribution in [0.15, 0.2) is 53.7 Å². The van der Waals surface area contributed by atoms with E-state index in [0.29, 0.717) is 5.75 Å². The molecule has 0 aliphatic carbocycles. The Morgan fingerprint density at radius 1 is 1.12 bits per heavy atom. The third-order valence-electron chi connectivity index (χ3n) is 3.74. The zero-order chi connectivity index (χ0) is 17.1. The van der Waals surface area contributed by atoms with Gasteiger partial charge in [-0.05, 0) is 18.1 Å². The van der Waals surface area contributed by atoms with Gasteiger partial charge in [-0.2, -0.15) is 0 Å². The van der Waals surface area contributed by atoms with Crippen LogP contribution in [0.1, 0.15) is 11.1 Å². The van der Waals surface area contributed by atoms with E-state index in [9.17, 15) is 10.1 Å². The van der Waals surface area contributed by atoms with E-state index < -0.39 is 4.92 Å². The lowest BCUT2D eigenvalue weighted by Gasteiger charge is -2.06. The van der Waals surface area contributed by atoms with E-state index in [2.05, 4.69) is 10.2 Å². The van der Waals surface area contributed by atoms with Crippen molar-refractivity contribution < 1.29 is 4.92 Å². The van der Waals surface area contributed by atoms with Crippen LogP contribution in [0.5, 0.6) is 0 Å². The third-order valence-corrected chi connectivity index (χ3v) is 4.83. The Hall–Kier alpha value is -2.67. The van der Waals surface area contributed by atoms with Crippen LogP contribution in [0.3, 0.4) is 0 Å². The summed E-state index contributed by atoms with van der Waals surface area (Å²) in [5.74, 6) is 1.51. The van der Waals surface area contributed by atoms with Gasteiger partial charge in [0.1, 0.15) is 0 Å². The molecule has 3 rings (SSSR count). The quantitative estimate of drug-likeness (QED) is 0.399. The monoisotopic (exact) mass is 340 g/mol. The van der Waals surface area contributed by atoms with Crippen LogP contribution in [0.2, 0.25) is 0 Å². The van der Waals surface area contributed by atoms with Crippen LogP contribution >= 0.6 is 11.8 Å². The van der Waals surface area contributed by atoms with Crippen molar-refractivity contribution >= 4 is 17.4 Å². The van der Waals surface area contributed by atoms with Crippen LogP contribution in [0, 0.1) is 17.0 Å². The van der Waals surface area contributed by atoms with Gasteiger partial charge in [0.05, 0.1) is 4.92 Å². The topological polar surface area (TPSA) is 73.8 Å². The molecular formula is C17H16N4O2S. The van der Waals surface area contributed by atoms with Gasteiger partial charge in [0.2, 0.25) is 0 Å². The molecule has 0 aliphatic rings. The number of aryl methyl sites for hydroxylation is 1. The molecule has 0 radical (unpaired) electrons. The molecule has 0 aliphatic heterocycles. The molecule has 3 aromatic rings. The Bertz CT molecular complexity index is 875. The van der Waals surface area contributed by atoms with E-state index in [1.54, 1.807) is 23.9 Å². The Kier molecular flexibility index (Phi) is 4.61. The molecule has 6 nitrogen and oxygen atoms in total. The van der Waals surface area contributed by atoms with Gasteiger partial charge in [0.15, 0.2) is 11.0 Å². The lowest BCUT2D eigenvalue weighted by molar-refractivity contribution is -0.384. The van der Waals surface area contributed by atoms with Crippen LogP contribution in [-0.2, 0) is 12.8 Å². The first-order valence-electron chi connectivity index (χ1n) is 7.38. The summed E-state index contributed by atoms with van der Waals surface area (Å²) in [5, 5.41) is 20.1. The second-order valence-corrected chi connectivity index (χ2v) is 6.33. The van der Waals surface area contributed by atoms with Crippen molar-refractivity contribution in [1.82, 2.24) is 14.8 Å². The van der Waals surface area contributed by atoms with Crippen LogP contribution in [-0.4, -0.2) is 19.7 Å². The van der Waals surface area contributed by atoms with Gasteiger partial charge >= 0.3 is 0 Å². The average molecular weight is 340 g/mol. The molecule has 122 valence electrons. The molecule has 0 fully saturated rings. The first-order valence-corrected chi connectivity index (χ1v) is 8.36. The number of nitrogens with zero attached hydrogens (tertiary/aromatic N) is 4. The maximum absolute atomic E-state index is 10.7. The number of thioether (sulfide) groups is 1. The average Bonchev–Trinajstić information content (AvgIpc) is 2.94. The number of hydrogen-bond donors (Lipinski definition) is 0. The number of nitro groups is 1. The van der Waals surface area contributed by atoms with Crippen molar-refractivity contribution in [3.63, 3.8) is 0 Å². The summed E-state index contributed by atoms with van der Waals surface area (Å²) < 4.78 is 1.97. The number of nitro benzene ring substituents is 1. The Labute approximate surface area is 143 Å². The largest absolute Gasteiger partial charge is 0.305 e. The molecule has 0 bridgehead atoms. The lowest BCUT2D eigenvalue weighted by atomic mass is 10.1. The highest BCUT2D eigenvalue weighted by molar-refractivity contribution is 7.98. The normalized spacial score (nSPS) is 10.8. The van der Waals surface area contributed by atoms with Gasteiger partial charge in [-0.15, -0.1) is 10.2 Å². The Balaban J connectivity index is 1.75. The second-order valence-electron chi connectivity index (χ2n) is 5.39. The smallest absolute Gasteiger partial charge is 0.269 e. The highest BCUT2D eigenvalue weighted by Gasteiger charge is 2.13. The first kappa shape index (κ1) is 16.2. The van der Waals surface area contributed by atoms with Gasteiger partial charge < -0.3 is 4.57 Å². The lowest BCUT2D eigenvalue weighted by Crippen LogP contribution is -1.96. The maximum Gasteiger partial charge on any atom is 0.269 e. The van der Waals surface area contributed by atoms with Gasteiger partial charge in [-0.3, -0.25) is 10.1 Å². The molecule has 24 heavy (non-hydrogen) atoms. The second kappa shape index (κ2) is 6.84. The summed E-state index contributed by atoms with van der Waals surface area (Å²) in [6.07, 6.45) is 0. The molecule has 0 spiro atoms. The van der Waals surface area contributed by atoms with Gasteiger partial charge in [-0.25, -0.2) is 0 Å². The minimum absolute atomic E-state index is 0.101. The van der Waals surface area contributed by atoms with E-state index in [1.165, 1.54) is 12.1 Å². The summed E-state index contributed by atoms with van der Waals surface area (Å²) in [7, 11) is 1.94. The van der Waals surface area contributed by atoms with Gasteiger partial charge in [0, 0.05) is 30.5 Å². The molecule has 0 unspecified atom stereocenters. The Morgan fingerprint density at radius 2 is 1.83 bits per heavy atom. The molecule has 0 atom stereocenters. The highest BCUT2D eigenvalue weighted by atomic mass is 32.2. The summed E-state index contributed by atoms with van der Waals surface area (Å²) in [6.45, 7) is 2.05. The predicted octanol–water partition coefficient (Wildman–Crippen LogP) is 3.99. The van der Waals surface area contributed by atoms with E-state index in [4.69, 9.17) is 0 Å². The molecule has 1 aromatic heterocycles. The Morgan fingerprint density at radius 3 is 2.50 bits per heavy atom. The number of rotatable bonds is 5. The minimum atomic E-state index is -0.395. The van der Waals surface area contributed by atoms with Crippen LogP contribution < -0.4 is 0 Å². The van der Waals surface area contributed by atoms with Crippen molar-refractivity contribution in [2.45, 2.75) is 17.8 Å². The zero-order valence-electron chi connectivity index (χ0n) is 13.3. The SMILES string of the molecule is Cc1ccccc1-c1nnc(SCc2ccc([N+](=O)[O-])cc2)n1C. The molecule has 7 heteroatoms. The summed E-state index contributed by atoms with van der Waals surface area (Å²) in [6, 6.07) is 14.6. The predicted molar refractivity (Wildman–Crippen MR) is 93.8 cm³/mol. The molecule has 0 saturated heterocycles. The third kappa shape index (κ3) is 3.30. The van der Waals surface area contributed by atoms with Crippen LogP contribution in [0.4, 0.5) is 5.69 Å². The summed E-state index contributed by atoms with van der Waals surface area (Å²) >= 11 is 1.56. The van der Waals surface area contributed by atoms with Crippen molar-refractivity contribution in [2.24, 2.45) is 7.05 Å². The number of non-ortho nitro benzene ring substituents is 1. The van der Waals surface area contributed by atoms with E-state index in [-0.39, 0.29) is 5.69 Å². The summed E-state index contributed by atoms with van der Waals surface area (Å²) in [4.78, 5) is 10.3. The molecule has 1 heterocycles. The van der Waals surface area contributed by atoms with Gasteiger partial charge in [0.25, 0.3) is 5.69 Å². The minimum Gasteiger partial charge on any atom is -0.305 e. The fraction of sp³-hybridized carbons (Fsp3) is 0.176. The molecule has 0 N–H and O–H groups in total. The number of benzene rings is 2. The fourth-order valence-electron chi connectivity index (χ4n) is 2.36. The van der Waals surface area contributed by atoms with Crippen LogP contribution in [0.25, 0.3) is 11.4 Å². The van der Waals surface area contributed by atoms with Crippen molar-refractivity contribution in [1.29, 1.82) is 0 Å². The molecular weight excluding hydrogens is 324 g/mol. The zero-order valence-corrected chi connectivity index (χ0v) is 14.2. The molecule has 0 amide bonds.